The van der Waals surface area contributed by atoms with Crippen molar-refractivity contribution in [1.82, 2.24) is 0 Å². The van der Waals surface area contributed by atoms with Crippen LogP contribution in [0.2, 0.25) is 0 Å². The lowest BCUT2D eigenvalue weighted by atomic mass is 9.82. The lowest BCUT2D eigenvalue weighted by Crippen LogP contribution is -2.36. The van der Waals surface area contributed by atoms with E-state index in [9.17, 15) is 27.9 Å². The summed E-state index contributed by atoms with van der Waals surface area (Å²) in [5.41, 5.74) is -0.848. The van der Waals surface area contributed by atoms with E-state index in [4.69, 9.17) is 0 Å². The first-order chi connectivity index (χ1) is 10.8. The molecule has 0 aliphatic heterocycles. The maximum Gasteiger partial charge on any atom is 0.416 e. The summed E-state index contributed by atoms with van der Waals surface area (Å²) in [7, 11) is 0. The molecule has 0 aromatic heterocycles. The predicted octanol–water partition coefficient (Wildman–Crippen LogP) is 3.17. The first kappa shape index (κ1) is 15.6. The molecule has 1 saturated carbocycles. The number of allylic oxidation sites excluding steroid dienone is 2. The molecule has 3 rings (SSSR count). The fourth-order valence-electron chi connectivity index (χ4n) is 3.52. The lowest BCUT2D eigenvalue weighted by molar-refractivity contribution is -0.146. The van der Waals surface area contributed by atoms with Crippen molar-refractivity contribution in [1.29, 1.82) is 0 Å². The van der Waals surface area contributed by atoms with Crippen LogP contribution in [0, 0.1) is 23.7 Å². The number of nitrogens with one attached hydrogen (secondary N) is 1. The quantitative estimate of drug-likeness (QED) is 0.839. The van der Waals surface area contributed by atoms with Crippen LogP contribution < -0.4 is 5.32 Å². The van der Waals surface area contributed by atoms with Crippen molar-refractivity contribution in [2.24, 2.45) is 23.7 Å². The Bertz CT molecular complexity index is 683. The Hall–Kier alpha value is -2.31. The summed E-state index contributed by atoms with van der Waals surface area (Å²) in [4.78, 5) is 23.8. The summed E-state index contributed by atoms with van der Waals surface area (Å²) < 4.78 is 38.1. The highest BCUT2D eigenvalue weighted by Crippen LogP contribution is 2.48. The van der Waals surface area contributed by atoms with Crippen LogP contribution in [0.4, 0.5) is 18.9 Å². The number of halogens is 3. The van der Waals surface area contributed by atoms with Gasteiger partial charge in [-0.05, 0) is 36.5 Å². The third kappa shape index (κ3) is 2.83. The molecule has 4 nitrogen and oxygen atoms in total. The Morgan fingerprint density at radius 1 is 1.13 bits per heavy atom. The second kappa shape index (κ2) is 5.40. The minimum atomic E-state index is -4.50. The van der Waals surface area contributed by atoms with E-state index in [0.29, 0.717) is 6.42 Å². The van der Waals surface area contributed by atoms with Crippen molar-refractivity contribution in [2.45, 2.75) is 12.6 Å². The topological polar surface area (TPSA) is 66.4 Å². The Balaban J connectivity index is 1.80. The fourth-order valence-corrected chi connectivity index (χ4v) is 3.52. The SMILES string of the molecule is O=C(O)[C@@H]1[C@H](C(=O)Nc2cccc(C(F)(F)F)c2)[C@@H]2C=C[C@@H]1C2. The second-order valence-corrected chi connectivity index (χ2v) is 5.91. The third-order valence-electron chi connectivity index (χ3n) is 4.50. The van der Waals surface area contributed by atoms with Gasteiger partial charge >= 0.3 is 12.1 Å². The Kier molecular flexibility index (Phi) is 3.66. The summed E-state index contributed by atoms with van der Waals surface area (Å²) in [6.07, 6.45) is -0.283. The van der Waals surface area contributed by atoms with Crippen LogP contribution in [0.5, 0.6) is 0 Å². The Morgan fingerprint density at radius 2 is 1.78 bits per heavy atom. The fraction of sp³-hybridized carbons (Fsp3) is 0.375. The molecule has 2 bridgehead atoms. The van der Waals surface area contributed by atoms with Gasteiger partial charge in [0.1, 0.15) is 0 Å². The number of carboxylic acid groups (broad SMARTS) is 1. The Morgan fingerprint density at radius 3 is 2.39 bits per heavy atom. The summed E-state index contributed by atoms with van der Waals surface area (Å²) in [6.45, 7) is 0. The molecule has 0 spiro atoms. The molecule has 1 fully saturated rings. The van der Waals surface area contributed by atoms with Crippen LogP contribution in [0.25, 0.3) is 0 Å². The van der Waals surface area contributed by atoms with Gasteiger partial charge in [0.2, 0.25) is 5.91 Å². The van der Waals surface area contributed by atoms with Crippen LogP contribution >= 0.6 is 0 Å². The number of carbonyl (C=O) groups is 2. The zero-order valence-electron chi connectivity index (χ0n) is 11.9. The van der Waals surface area contributed by atoms with Gasteiger partial charge < -0.3 is 10.4 Å². The van der Waals surface area contributed by atoms with Crippen molar-refractivity contribution in [3.05, 3.63) is 42.0 Å². The van der Waals surface area contributed by atoms with E-state index in [-0.39, 0.29) is 17.5 Å². The van der Waals surface area contributed by atoms with Crippen molar-refractivity contribution in [3.8, 4) is 0 Å². The zero-order chi connectivity index (χ0) is 16.8. The highest BCUT2D eigenvalue weighted by atomic mass is 19.4. The molecule has 2 N–H and O–H groups in total. The normalized spacial score (nSPS) is 28.8. The van der Waals surface area contributed by atoms with Crippen molar-refractivity contribution in [2.75, 3.05) is 5.32 Å². The van der Waals surface area contributed by atoms with Gasteiger partial charge in [0.15, 0.2) is 0 Å². The number of anilines is 1. The first-order valence-corrected chi connectivity index (χ1v) is 7.16. The van der Waals surface area contributed by atoms with E-state index < -0.39 is 35.5 Å². The minimum Gasteiger partial charge on any atom is -0.481 e. The van der Waals surface area contributed by atoms with E-state index in [0.717, 1.165) is 12.1 Å². The second-order valence-electron chi connectivity index (χ2n) is 5.91. The van der Waals surface area contributed by atoms with Crippen LogP contribution in [0.1, 0.15) is 12.0 Å². The van der Waals surface area contributed by atoms with Crippen LogP contribution in [0.15, 0.2) is 36.4 Å². The van der Waals surface area contributed by atoms with Crippen LogP contribution in [-0.4, -0.2) is 17.0 Å². The molecule has 0 saturated heterocycles. The molecule has 2 aliphatic rings. The smallest absolute Gasteiger partial charge is 0.416 e. The molecule has 122 valence electrons. The maximum absolute atomic E-state index is 12.7. The molecule has 2 aliphatic carbocycles. The number of hydrogen-bond acceptors (Lipinski definition) is 2. The molecule has 1 aromatic rings. The monoisotopic (exact) mass is 325 g/mol. The molecule has 23 heavy (non-hydrogen) atoms. The van der Waals surface area contributed by atoms with Crippen molar-refractivity contribution in [3.63, 3.8) is 0 Å². The van der Waals surface area contributed by atoms with Gasteiger partial charge in [-0.15, -0.1) is 0 Å². The van der Waals surface area contributed by atoms with Gasteiger partial charge in [0, 0.05) is 5.69 Å². The molecular formula is C16H14F3NO3. The molecular weight excluding hydrogens is 311 g/mol. The van der Waals surface area contributed by atoms with Gasteiger partial charge in [-0.2, -0.15) is 13.2 Å². The summed E-state index contributed by atoms with van der Waals surface area (Å²) in [5.74, 6) is -3.53. The maximum atomic E-state index is 12.7. The number of aliphatic carboxylic acids is 1. The minimum absolute atomic E-state index is 0.0146. The van der Waals surface area contributed by atoms with Gasteiger partial charge in [-0.3, -0.25) is 9.59 Å². The Labute approximate surface area is 130 Å². The highest BCUT2D eigenvalue weighted by Gasteiger charge is 2.51. The molecule has 7 heteroatoms. The molecule has 1 amide bonds. The van der Waals surface area contributed by atoms with Crippen LogP contribution in [0.3, 0.4) is 0 Å². The van der Waals surface area contributed by atoms with Crippen molar-refractivity contribution < 1.29 is 27.9 Å². The number of amides is 1. The van der Waals surface area contributed by atoms with Gasteiger partial charge in [-0.25, -0.2) is 0 Å². The molecule has 0 heterocycles. The number of carbonyl (C=O) groups excluding carboxylic acids is 1. The predicted molar refractivity (Wildman–Crippen MR) is 75.4 cm³/mol. The van der Waals surface area contributed by atoms with Crippen LogP contribution in [-0.2, 0) is 15.8 Å². The van der Waals surface area contributed by atoms with E-state index in [2.05, 4.69) is 5.32 Å². The summed E-state index contributed by atoms with van der Waals surface area (Å²) >= 11 is 0. The van der Waals surface area contributed by atoms with Gasteiger partial charge in [0.25, 0.3) is 0 Å². The number of hydrogen-bond donors (Lipinski definition) is 2. The summed E-state index contributed by atoms with van der Waals surface area (Å²) in [6, 6.07) is 4.31. The standard InChI is InChI=1S/C16H14F3NO3/c17-16(18,19)10-2-1-3-11(7-10)20-14(21)12-8-4-5-9(6-8)13(12)15(22)23/h1-5,7-9,12-13H,6H2,(H,20,21)(H,22,23)/t8-,9-,12-,13+/m1/s1. The van der Waals surface area contributed by atoms with E-state index >= 15 is 0 Å². The highest BCUT2D eigenvalue weighted by molar-refractivity contribution is 5.96. The van der Waals surface area contributed by atoms with Crippen molar-refractivity contribution >= 4 is 17.6 Å². The van der Waals surface area contributed by atoms with Gasteiger partial charge in [-0.1, -0.05) is 18.2 Å². The lowest BCUT2D eigenvalue weighted by Gasteiger charge is -2.24. The molecule has 4 atom stereocenters. The summed E-state index contributed by atoms with van der Waals surface area (Å²) in [5, 5.41) is 11.7. The number of benzene rings is 1. The number of carboxylic acids is 1. The average Bonchev–Trinajstić information content (AvgIpc) is 3.07. The average molecular weight is 325 g/mol. The largest absolute Gasteiger partial charge is 0.481 e. The zero-order valence-corrected chi connectivity index (χ0v) is 11.9. The number of fused-ring (bicyclic) bond motifs is 2. The van der Waals surface area contributed by atoms with E-state index in [1.165, 1.54) is 12.1 Å². The number of alkyl halides is 3. The number of rotatable bonds is 3. The molecule has 1 aromatic carbocycles. The van der Waals surface area contributed by atoms with E-state index in [1.54, 1.807) is 6.08 Å². The third-order valence-corrected chi connectivity index (χ3v) is 4.50. The molecule has 0 radical (unpaired) electrons. The first-order valence-electron chi connectivity index (χ1n) is 7.16. The van der Waals surface area contributed by atoms with E-state index in [1.807, 2.05) is 6.08 Å². The van der Waals surface area contributed by atoms with Gasteiger partial charge in [0.05, 0.1) is 17.4 Å². The molecule has 0 unspecified atom stereocenters.